The molecule has 0 unspecified atom stereocenters. The van der Waals surface area contributed by atoms with Crippen LogP contribution in [0.1, 0.15) is 5.56 Å². The first-order valence-electron chi connectivity index (χ1n) is 10.8. The Morgan fingerprint density at radius 3 is 2.53 bits per heavy atom. The van der Waals surface area contributed by atoms with Crippen LogP contribution in [0.15, 0.2) is 82.2 Å². The summed E-state index contributed by atoms with van der Waals surface area (Å²) in [5, 5.41) is 2.96. The molecule has 3 amide bonds. The zero-order chi connectivity index (χ0) is 25.5. The van der Waals surface area contributed by atoms with Crippen LogP contribution >= 0.6 is 39.3 Å². The van der Waals surface area contributed by atoms with Gasteiger partial charge >= 0.3 is 0 Å². The number of anilines is 1. The van der Waals surface area contributed by atoms with Crippen LogP contribution in [-0.4, -0.2) is 41.7 Å². The number of nitrogens with zero attached hydrogens (tertiary/aromatic N) is 1. The number of imide groups is 1. The average Bonchev–Trinajstić information content (AvgIpc) is 3.12. The van der Waals surface area contributed by atoms with Crippen LogP contribution in [0, 0.1) is 0 Å². The molecule has 0 spiro atoms. The topological polar surface area (TPSA) is 84.9 Å². The quantitative estimate of drug-likeness (QED) is 0.299. The molecular weight excluding hydrogens is 568 g/mol. The van der Waals surface area contributed by atoms with Crippen LogP contribution in [0.5, 0.6) is 11.5 Å². The fraction of sp³-hybridized carbons (Fsp3) is 0.115. The molecule has 1 aliphatic heterocycles. The number of benzene rings is 3. The van der Waals surface area contributed by atoms with Crippen LogP contribution in [-0.2, 0) is 9.59 Å². The van der Waals surface area contributed by atoms with Gasteiger partial charge in [0.05, 0.1) is 11.4 Å². The molecule has 0 aromatic heterocycles. The molecule has 0 bridgehead atoms. The normalized spacial score (nSPS) is 14.3. The predicted octanol–water partition coefficient (Wildman–Crippen LogP) is 6.24. The first kappa shape index (κ1) is 25.8. The number of thioether (sulfide) groups is 1. The molecule has 0 radical (unpaired) electrons. The van der Waals surface area contributed by atoms with E-state index in [1.54, 1.807) is 60.7 Å². The predicted molar refractivity (Wildman–Crippen MR) is 144 cm³/mol. The van der Waals surface area contributed by atoms with Crippen LogP contribution in [0.25, 0.3) is 6.08 Å². The second-order valence-electron chi connectivity index (χ2n) is 7.52. The van der Waals surface area contributed by atoms with Crippen molar-refractivity contribution in [2.45, 2.75) is 0 Å². The maximum atomic E-state index is 12.9. The molecule has 1 aliphatic rings. The number of hydrogen-bond donors (Lipinski definition) is 1. The minimum Gasteiger partial charge on any atom is -0.492 e. The molecule has 0 saturated carbocycles. The molecular formula is C26H20BrClN2O5S. The average molecular weight is 588 g/mol. The third-order valence-electron chi connectivity index (χ3n) is 4.95. The molecule has 3 aromatic carbocycles. The van der Waals surface area contributed by atoms with Gasteiger partial charge < -0.3 is 14.8 Å². The Labute approximate surface area is 225 Å². The first-order valence-corrected chi connectivity index (χ1v) is 12.8. The largest absolute Gasteiger partial charge is 0.492 e. The molecule has 0 atom stereocenters. The molecule has 10 heteroatoms. The maximum absolute atomic E-state index is 12.9. The number of rotatable bonds is 9. The SMILES string of the molecule is O=C(COc1ccc(Br)cc1/C=C1\SC(=O)N(CCOc2ccc(Cl)cc2)C1=O)Nc1ccccc1. The van der Waals surface area contributed by atoms with Crippen molar-refractivity contribution in [3.05, 3.63) is 92.8 Å². The minimum atomic E-state index is -0.419. The zero-order valence-electron chi connectivity index (χ0n) is 18.8. The summed E-state index contributed by atoms with van der Waals surface area (Å²) >= 11 is 10.1. The Hall–Kier alpha value is -3.27. The number of para-hydroxylation sites is 1. The van der Waals surface area contributed by atoms with E-state index >= 15 is 0 Å². The third kappa shape index (κ3) is 6.90. The fourth-order valence-electron chi connectivity index (χ4n) is 3.25. The monoisotopic (exact) mass is 586 g/mol. The Morgan fingerprint density at radius 1 is 1.03 bits per heavy atom. The number of carbonyl (C=O) groups excluding carboxylic acids is 3. The van der Waals surface area contributed by atoms with Gasteiger partial charge in [-0.3, -0.25) is 19.3 Å². The van der Waals surface area contributed by atoms with Crippen molar-refractivity contribution in [2.75, 3.05) is 25.1 Å². The fourth-order valence-corrected chi connectivity index (χ4v) is 4.61. The van der Waals surface area contributed by atoms with Gasteiger partial charge in [0.1, 0.15) is 18.1 Å². The molecule has 36 heavy (non-hydrogen) atoms. The Kier molecular flexibility index (Phi) is 8.69. The Morgan fingerprint density at radius 2 is 1.78 bits per heavy atom. The van der Waals surface area contributed by atoms with E-state index in [1.807, 2.05) is 18.2 Å². The number of halogens is 2. The molecule has 1 fully saturated rings. The summed E-state index contributed by atoms with van der Waals surface area (Å²) in [6.45, 7) is 0.0295. The minimum absolute atomic E-state index is 0.103. The van der Waals surface area contributed by atoms with Crippen molar-refractivity contribution >= 4 is 68.1 Å². The van der Waals surface area contributed by atoms with Crippen molar-refractivity contribution in [1.29, 1.82) is 0 Å². The molecule has 7 nitrogen and oxygen atoms in total. The van der Waals surface area contributed by atoms with Crippen molar-refractivity contribution in [2.24, 2.45) is 0 Å². The van der Waals surface area contributed by atoms with Gasteiger partial charge in [-0.25, -0.2) is 0 Å². The highest BCUT2D eigenvalue weighted by Gasteiger charge is 2.35. The lowest BCUT2D eigenvalue weighted by Gasteiger charge is -2.13. The third-order valence-corrected chi connectivity index (χ3v) is 6.60. The van der Waals surface area contributed by atoms with E-state index in [4.69, 9.17) is 21.1 Å². The van der Waals surface area contributed by atoms with E-state index in [1.165, 1.54) is 0 Å². The number of amides is 3. The summed E-state index contributed by atoms with van der Waals surface area (Å²) in [6, 6.07) is 21.1. The van der Waals surface area contributed by atoms with Gasteiger partial charge in [0.2, 0.25) is 0 Å². The Bertz CT molecular complexity index is 1300. The molecule has 1 saturated heterocycles. The molecule has 0 aliphatic carbocycles. The van der Waals surface area contributed by atoms with E-state index in [9.17, 15) is 14.4 Å². The van der Waals surface area contributed by atoms with E-state index in [0.717, 1.165) is 21.1 Å². The molecule has 3 aromatic rings. The lowest BCUT2D eigenvalue weighted by molar-refractivity contribution is -0.123. The second-order valence-corrected chi connectivity index (χ2v) is 9.87. The summed E-state index contributed by atoms with van der Waals surface area (Å²) in [5.41, 5.74) is 1.22. The first-order chi connectivity index (χ1) is 17.4. The second kappa shape index (κ2) is 12.1. The summed E-state index contributed by atoms with van der Waals surface area (Å²) in [7, 11) is 0. The molecule has 1 heterocycles. The summed E-state index contributed by atoms with van der Waals surface area (Å²) in [5.74, 6) is 0.252. The summed E-state index contributed by atoms with van der Waals surface area (Å²) in [4.78, 5) is 39.0. The zero-order valence-corrected chi connectivity index (χ0v) is 21.9. The van der Waals surface area contributed by atoms with Gasteiger partial charge in [0.15, 0.2) is 6.61 Å². The molecule has 184 valence electrons. The number of nitrogens with one attached hydrogen (secondary N) is 1. The highest BCUT2D eigenvalue weighted by atomic mass is 79.9. The summed E-state index contributed by atoms with van der Waals surface area (Å²) < 4.78 is 12.1. The molecule has 1 N–H and O–H groups in total. The molecule has 4 rings (SSSR count). The van der Waals surface area contributed by atoms with Gasteiger partial charge in [-0.05, 0) is 72.4 Å². The lowest BCUT2D eigenvalue weighted by Crippen LogP contribution is -2.32. The van der Waals surface area contributed by atoms with Gasteiger partial charge in [0.25, 0.3) is 17.1 Å². The Balaban J connectivity index is 1.40. The standard InChI is InChI=1S/C26H20BrClN2O5S/c27-18-6-11-22(35-16-24(31)29-20-4-2-1-3-5-20)17(14-18)15-23-25(32)30(26(33)36-23)12-13-34-21-9-7-19(28)8-10-21/h1-11,14-15H,12-13,16H2,(H,29,31)/b23-15-. The van der Waals surface area contributed by atoms with E-state index in [2.05, 4.69) is 21.2 Å². The van der Waals surface area contributed by atoms with E-state index in [0.29, 0.717) is 27.8 Å². The van der Waals surface area contributed by atoms with Gasteiger partial charge in [-0.2, -0.15) is 0 Å². The smallest absolute Gasteiger partial charge is 0.293 e. The van der Waals surface area contributed by atoms with Crippen molar-refractivity contribution in [1.82, 2.24) is 4.90 Å². The van der Waals surface area contributed by atoms with Crippen molar-refractivity contribution < 1.29 is 23.9 Å². The number of carbonyl (C=O) groups is 3. The van der Waals surface area contributed by atoms with Gasteiger partial charge in [-0.1, -0.05) is 45.7 Å². The van der Waals surface area contributed by atoms with E-state index in [-0.39, 0.29) is 35.8 Å². The number of hydrogen-bond acceptors (Lipinski definition) is 6. The van der Waals surface area contributed by atoms with Crippen LogP contribution < -0.4 is 14.8 Å². The highest BCUT2D eigenvalue weighted by Crippen LogP contribution is 2.35. The lowest BCUT2D eigenvalue weighted by atomic mass is 10.2. The van der Waals surface area contributed by atoms with Crippen molar-refractivity contribution in [3.63, 3.8) is 0 Å². The van der Waals surface area contributed by atoms with Gasteiger partial charge in [0, 0.05) is 20.7 Å². The maximum Gasteiger partial charge on any atom is 0.293 e. The van der Waals surface area contributed by atoms with Crippen LogP contribution in [0.4, 0.5) is 10.5 Å². The summed E-state index contributed by atoms with van der Waals surface area (Å²) in [6.07, 6.45) is 1.58. The highest BCUT2D eigenvalue weighted by molar-refractivity contribution is 9.10. The van der Waals surface area contributed by atoms with Gasteiger partial charge in [-0.15, -0.1) is 0 Å². The van der Waals surface area contributed by atoms with Crippen LogP contribution in [0.3, 0.4) is 0 Å². The van der Waals surface area contributed by atoms with Crippen molar-refractivity contribution in [3.8, 4) is 11.5 Å². The van der Waals surface area contributed by atoms with E-state index < -0.39 is 5.91 Å². The van der Waals surface area contributed by atoms with Crippen LogP contribution in [0.2, 0.25) is 5.02 Å². The number of ether oxygens (including phenoxy) is 2.